The van der Waals surface area contributed by atoms with E-state index >= 15 is 0 Å². The van der Waals surface area contributed by atoms with Crippen LogP contribution >= 0.6 is 0 Å². The van der Waals surface area contributed by atoms with E-state index in [-0.39, 0.29) is 12.1 Å². The van der Waals surface area contributed by atoms with Crippen molar-refractivity contribution in [1.29, 1.82) is 0 Å². The van der Waals surface area contributed by atoms with E-state index in [9.17, 15) is 4.79 Å². The summed E-state index contributed by atoms with van der Waals surface area (Å²) in [7, 11) is 1.75. The number of ether oxygens (including phenoxy) is 1. The summed E-state index contributed by atoms with van der Waals surface area (Å²) in [6, 6.07) is 6.89. The number of aromatic amines is 1. The number of hydrogen-bond acceptors (Lipinski definition) is 3. The molecule has 2 atom stereocenters. The van der Waals surface area contributed by atoms with Gasteiger partial charge in [0.25, 0.3) is 0 Å². The molecular weight excluding hydrogens is 376 g/mol. The van der Waals surface area contributed by atoms with Gasteiger partial charge in [-0.15, -0.1) is 0 Å². The Hall–Kier alpha value is -2.31. The molecular formula is C24H34N4O2. The SMILES string of the molecule is CCCN1C[C@@H](NC(=O)N(CC)CC)C=C2c3cccc4[nH]c(COC)c(c34)C[C@H]21. The van der Waals surface area contributed by atoms with Gasteiger partial charge in [-0.2, -0.15) is 0 Å². The molecule has 0 saturated heterocycles. The summed E-state index contributed by atoms with van der Waals surface area (Å²) in [5.74, 6) is 0. The molecule has 1 aromatic carbocycles. The molecule has 2 aliphatic rings. The Morgan fingerprint density at radius 2 is 2.10 bits per heavy atom. The van der Waals surface area contributed by atoms with Gasteiger partial charge in [-0.3, -0.25) is 4.90 Å². The maximum Gasteiger partial charge on any atom is 0.317 e. The zero-order valence-electron chi connectivity index (χ0n) is 18.6. The first-order valence-corrected chi connectivity index (χ1v) is 11.2. The summed E-state index contributed by atoms with van der Waals surface area (Å²) in [5.41, 5.74) is 6.38. The first kappa shape index (κ1) is 20.9. The van der Waals surface area contributed by atoms with E-state index in [1.165, 1.54) is 33.3 Å². The molecule has 2 heterocycles. The standard InChI is InChI=1S/C24H34N4O2/c1-5-11-28-14-16(25-24(29)27(6-2)7-3)12-18-17-9-8-10-20-23(17)19(13-22(18)28)21(26-20)15-30-4/h8-10,12,16,22,26H,5-7,11,13-15H2,1-4H3,(H,25,29)/t16-,22+/m0/s1. The number of H-pyrrole nitrogens is 1. The van der Waals surface area contributed by atoms with Crippen LogP contribution < -0.4 is 5.32 Å². The van der Waals surface area contributed by atoms with Crippen molar-refractivity contribution in [3.8, 4) is 0 Å². The third-order valence-electron chi connectivity index (χ3n) is 6.50. The molecule has 1 aromatic heterocycles. The second kappa shape index (κ2) is 8.82. The van der Waals surface area contributed by atoms with Crippen LogP contribution in [-0.2, 0) is 17.8 Å². The lowest BCUT2D eigenvalue weighted by atomic mass is 9.80. The number of nitrogens with zero attached hydrogens (tertiary/aromatic N) is 2. The molecule has 0 radical (unpaired) electrons. The van der Waals surface area contributed by atoms with Crippen molar-refractivity contribution in [2.75, 3.05) is 33.3 Å². The minimum absolute atomic E-state index is 0.0186. The van der Waals surface area contributed by atoms with Gasteiger partial charge in [0.1, 0.15) is 0 Å². The topological polar surface area (TPSA) is 60.6 Å². The summed E-state index contributed by atoms with van der Waals surface area (Å²) in [6.45, 7) is 10.2. The number of methoxy groups -OCH3 is 1. The van der Waals surface area contributed by atoms with Crippen LogP contribution in [0.15, 0.2) is 24.3 Å². The molecule has 162 valence electrons. The van der Waals surface area contributed by atoms with Gasteiger partial charge >= 0.3 is 6.03 Å². The number of amides is 2. The summed E-state index contributed by atoms with van der Waals surface area (Å²) in [6.07, 6.45) is 4.38. The normalized spacial score (nSPS) is 20.7. The van der Waals surface area contributed by atoms with Crippen LogP contribution in [0.5, 0.6) is 0 Å². The van der Waals surface area contributed by atoms with Gasteiger partial charge in [0.2, 0.25) is 0 Å². The molecule has 0 saturated carbocycles. The van der Waals surface area contributed by atoms with Crippen LogP contribution in [-0.4, -0.2) is 66.2 Å². The summed E-state index contributed by atoms with van der Waals surface area (Å²) < 4.78 is 5.47. The number of rotatable bonds is 7. The number of carbonyl (C=O) groups is 1. The van der Waals surface area contributed by atoms with Crippen LogP contribution in [0.1, 0.15) is 44.0 Å². The maximum absolute atomic E-state index is 12.7. The zero-order valence-corrected chi connectivity index (χ0v) is 18.6. The van der Waals surface area contributed by atoms with Crippen LogP contribution in [0.2, 0.25) is 0 Å². The number of hydrogen-bond donors (Lipinski definition) is 2. The van der Waals surface area contributed by atoms with Crippen LogP contribution in [0, 0.1) is 0 Å². The summed E-state index contributed by atoms with van der Waals surface area (Å²) >= 11 is 0. The maximum atomic E-state index is 12.7. The molecule has 1 aliphatic carbocycles. The molecule has 0 unspecified atom stereocenters. The van der Waals surface area contributed by atoms with Gasteiger partial charge in [-0.1, -0.05) is 25.1 Å². The molecule has 2 aromatic rings. The minimum Gasteiger partial charge on any atom is -0.378 e. The first-order valence-electron chi connectivity index (χ1n) is 11.2. The number of fused-ring (bicyclic) bond motifs is 2. The number of aromatic nitrogens is 1. The molecule has 0 bridgehead atoms. The van der Waals surface area contributed by atoms with Crippen molar-refractivity contribution >= 4 is 22.5 Å². The fourth-order valence-electron chi connectivity index (χ4n) is 5.15. The van der Waals surface area contributed by atoms with E-state index in [0.717, 1.165) is 39.0 Å². The monoisotopic (exact) mass is 410 g/mol. The summed E-state index contributed by atoms with van der Waals surface area (Å²) in [5, 5.41) is 4.58. The third kappa shape index (κ3) is 3.63. The molecule has 0 fully saturated rings. The quantitative estimate of drug-likeness (QED) is 0.731. The molecule has 4 rings (SSSR count). The number of nitrogens with one attached hydrogen (secondary N) is 2. The predicted octanol–water partition coefficient (Wildman–Crippen LogP) is 3.77. The van der Waals surface area contributed by atoms with E-state index in [2.05, 4.69) is 46.4 Å². The van der Waals surface area contributed by atoms with E-state index in [1.54, 1.807) is 7.11 Å². The van der Waals surface area contributed by atoms with E-state index in [4.69, 9.17) is 4.74 Å². The Balaban J connectivity index is 1.74. The van der Waals surface area contributed by atoms with E-state index in [0.29, 0.717) is 12.6 Å². The lowest BCUT2D eigenvalue weighted by Gasteiger charge is -2.42. The molecule has 2 amide bonds. The van der Waals surface area contributed by atoms with E-state index in [1.807, 2.05) is 18.7 Å². The largest absolute Gasteiger partial charge is 0.378 e. The van der Waals surface area contributed by atoms with Gasteiger partial charge in [0, 0.05) is 49.4 Å². The lowest BCUT2D eigenvalue weighted by molar-refractivity contribution is 0.177. The van der Waals surface area contributed by atoms with Crippen LogP contribution in [0.3, 0.4) is 0 Å². The Bertz CT molecular complexity index is 944. The Kier molecular flexibility index (Phi) is 6.16. The number of benzene rings is 1. The van der Waals surface area contributed by atoms with Crippen molar-refractivity contribution in [3.63, 3.8) is 0 Å². The second-order valence-corrected chi connectivity index (χ2v) is 8.31. The number of carbonyl (C=O) groups excluding carboxylic acids is 1. The highest BCUT2D eigenvalue weighted by molar-refractivity contribution is 5.99. The zero-order chi connectivity index (χ0) is 21.3. The smallest absolute Gasteiger partial charge is 0.317 e. The molecule has 6 heteroatoms. The Morgan fingerprint density at radius 1 is 1.30 bits per heavy atom. The fraction of sp³-hybridized carbons (Fsp3) is 0.542. The van der Waals surface area contributed by atoms with Gasteiger partial charge in [-0.25, -0.2) is 4.79 Å². The average Bonchev–Trinajstić information content (AvgIpc) is 3.09. The van der Waals surface area contributed by atoms with Crippen LogP contribution in [0.4, 0.5) is 4.79 Å². The molecule has 0 spiro atoms. The van der Waals surface area contributed by atoms with Gasteiger partial charge in [0.15, 0.2) is 0 Å². The van der Waals surface area contributed by atoms with Gasteiger partial charge < -0.3 is 19.9 Å². The molecule has 1 aliphatic heterocycles. The third-order valence-corrected chi connectivity index (χ3v) is 6.50. The Morgan fingerprint density at radius 3 is 2.80 bits per heavy atom. The highest BCUT2D eigenvalue weighted by Crippen LogP contribution is 2.42. The molecule has 6 nitrogen and oxygen atoms in total. The first-order chi connectivity index (χ1) is 14.6. The highest BCUT2D eigenvalue weighted by atomic mass is 16.5. The van der Waals surface area contributed by atoms with Crippen molar-refractivity contribution in [3.05, 3.63) is 41.1 Å². The highest BCUT2D eigenvalue weighted by Gasteiger charge is 2.36. The van der Waals surface area contributed by atoms with Gasteiger partial charge in [0.05, 0.1) is 12.6 Å². The fourth-order valence-corrected chi connectivity index (χ4v) is 5.15. The molecule has 2 N–H and O–H groups in total. The summed E-state index contributed by atoms with van der Waals surface area (Å²) in [4.78, 5) is 20.7. The predicted molar refractivity (Wildman–Crippen MR) is 122 cm³/mol. The van der Waals surface area contributed by atoms with Crippen molar-refractivity contribution < 1.29 is 9.53 Å². The van der Waals surface area contributed by atoms with Gasteiger partial charge in [-0.05, 0) is 56.0 Å². The average molecular weight is 411 g/mol. The lowest BCUT2D eigenvalue weighted by Crippen LogP contribution is -2.54. The van der Waals surface area contributed by atoms with Crippen molar-refractivity contribution in [2.45, 2.75) is 52.3 Å². The number of urea groups is 1. The van der Waals surface area contributed by atoms with Crippen LogP contribution in [0.25, 0.3) is 16.5 Å². The second-order valence-electron chi connectivity index (χ2n) is 8.31. The van der Waals surface area contributed by atoms with Crippen molar-refractivity contribution in [1.82, 2.24) is 20.1 Å². The van der Waals surface area contributed by atoms with Crippen molar-refractivity contribution in [2.24, 2.45) is 0 Å². The van der Waals surface area contributed by atoms with E-state index < -0.39 is 0 Å². The Labute approximate surface area is 179 Å². The molecule has 30 heavy (non-hydrogen) atoms. The minimum atomic E-state index is 0.0186.